The number of nitrogens with zero attached hydrogens (tertiary/aromatic N) is 1. The van der Waals surface area contributed by atoms with Gasteiger partial charge in [0, 0.05) is 31.1 Å². The van der Waals surface area contributed by atoms with Gasteiger partial charge >= 0.3 is 0 Å². The van der Waals surface area contributed by atoms with Crippen molar-refractivity contribution in [1.29, 1.82) is 0 Å². The fraction of sp³-hybridized carbons (Fsp3) is 0.533. The molecule has 0 aliphatic heterocycles. The number of halogens is 1. The Hall–Kier alpha value is -1.62. The first kappa shape index (κ1) is 15.8. The minimum absolute atomic E-state index is 0.0535. The molecule has 1 aliphatic rings. The van der Waals surface area contributed by atoms with E-state index in [1.54, 1.807) is 6.07 Å². The molecule has 1 fully saturated rings. The van der Waals surface area contributed by atoms with Crippen LogP contribution in [0.1, 0.15) is 49.9 Å². The molecule has 6 heteroatoms. The number of nitrogens with one attached hydrogen (secondary N) is 2. The second-order valence-corrected chi connectivity index (χ2v) is 6.03. The van der Waals surface area contributed by atoms with Gasteiger partial charge in [-0.2, -0.15) is 0 Å². The van der Waals surface area contributed by atoms with Crippen LogP contribution in [0.3, 0.4) is 0 Å². The van der Waals surface area contributed by atoms with E-state index in [0.29, 0.717) is 42.1 Å². The van der Waals surface area contributed by atoms with Gasteiger partial charge in [0.2, 0.25) is 0 Å². The quantitative estimate of drug-likeness (QED) is 0.839. The van der Waals surface area contributed by atoms with Crippen molar-refractivity contribution in [2.24, 2.45) is 0 Å². The standard InChI is InChI=1S/C15H20ClN3O2/c1-9(2)18-13-7-14(16)17-8-12(13)15(21)19-10-3-5-11(20)6-4-10/h7-10H,3-6H2,1-2H3,(H,17,18)(H,19,21). The van der Waals surface area contributed by atoms with E-state index in [0.717, 1.165) is 0 Å². The monoisotopic (exact) mass is 309 g/mol. The first-order valence-electron chi connectivity index (χ1n) is 7.20. The lowest BCUT2D eigenvalue weighted by Crippen LogP contribution is -2.38. The summed E-state index contributed by atoms with van der Waals surface area (Å²) in [5.74, 6) is 0.0949. The average Bonchev–Trinajstić information content (AvgIpc) is 2.40. The number of hydrogen-bond donors (Lipinski definition) is 2. The number of anilines is 1. The summed E-state index contributed by atoms with van der Waals surface area (Å²) in [6.07, 6.45) is 3.98. The van der Waals surface area contributed by atoms with E-state index < -0.39 is 0 Å². The van der Waals surface area contributed by atoms with Crippen LogP contribution in [0, 0.1) is 0 Å². The summed E-state index contributed by atoms with van der Waals surface area (Å²) in [6, 6.07) is 1.89. The molecule has 1 amide bonds. The average molecular weight is 310 g/mol. The van der Waals surface area contributed by atoms with Crippen LogP contribution in [-0.2, 0) is 4.79 Å². The van der Waals surface area contributed by atoms with Crippen molar-refractivity contribution in [2.75, 3.05) is 5.32 Å². The molecule has 0 atom stereocenters. The first-order chi connectivity index (χ1) is 9.95. The minimum Gasteiger partial charge on any atom is -0.382 e. The third-order valence-corrected chi connectivity index (χ3v) is 3.64. The van der Waals surface area contributed by atoms with E-state index in [-0.39, 0.29) is 23.8 Å². The molecule has 0 saturated heterocycles. The summed E-state index contributed by atoms with van der Waals surface area (Å²) < 4.78 is 0. The molecule has 2 N–H and O–H groups in total. The molecule has 0 bridgehead atoms. The maximum Gasteiger partial charge on any atom is 0.255 e. The number of aromatic nitrogens is 1. The van der Waals surface area contributed by atoms with Gasteiger partial charge in [0.1, 0.15) is 10.9 Å². The number of rotatable bonds is 4. The van der Waals surface area contributed by atoms with Crippen LogP contribution in [0.4, 0.5) is 5.69 Å². The second-order valence-electron chi connectivity index (χ2n) is 5.64. The van der Waals surface area contributed by atoms with Gasteiger partial charge in [0.15, 0.2) is 0 Å². The van der Waals surface area contributed by atoms with Gasteiger partial charge in [-0.25, -0.2) is 4.98 Å². The Labute approximate surface area is 129 Å². The zero-order chi connectivity index (χ0) is 15.4. The second kappa shape index (κ2) is 6.89. The Morgan fingerprint density at radius 3 is 2.67 bits per heavy atom. The molecule has 1 heterocycles. The summed E-state index contributed by atoms with van der Waals surface area (Å²) >= 11 is 5.89. The number of carbonyl (C=O) groups excluding carboxylic acids is 2. The smallest absolute Gasteiger partial charge is 0.255 e. The zero-order valence-electron chi connectivity index (χ0n) is 12.3. The largest absolute Gasteiger partial charge is 0.382 e. The van der Waals surface area contributed by atoms with E-state index in [1.807, 2.05) is 13.8 Å². The van der Waals surface area contributed by atoms with Crippen molar-refractivity contribution < 1.29 is 9.59 Å². The number of ketones is 1. The van der Waals surface area contributed by atoms with Crippen LogP contribution in [-0.4, -0.2) is 28.8 Å². The zero-order valence-corrected chi connectivity index (χ0v) is 13.0. The van der Waals surface area contributed by atoms with Crippen LogP contribution in [0.25, 0.3) is 0 Å². The fourth-order valence-corrected chi connectivity index (χ4v) is 2.55. The molecule has 1 aromatic rings. The lowest BCUT2D eigenvalue weighted by Gasteiger charge is -2.23. The van der Waals surface area contributed by atoms with E-state index in [4.69, 9.17) is 11.6 Å². The molecular weight excluding hydrogens is 290 g/mol. The van der Waals surface area contributed by atoms with E-state index in [9.17, 15) is 9.59 Å². The number of carbonyl (C=O) groups is 2. The summed E-state index contributed by atoms with van der Waals surface area (Å²) in [4.78, 5) is 27.6. The van der Waals surface area contributed by atoms with E-state index in [1.165, 1.54) is 6.20 Å². The van der Waals surface area contributed by atoms with Crippen LogP contribution in [0.15, 0.2) is 12.3 Å². The molecule has 21 heavy (non-hydrogen) atoms. The third-order valence-electron chi connectivity index (χ3n) is 3.44. The van der Waals surface area contributed by atoms with Crippen molar-refractivity contribution in [2.45, 2.75) is 51.6 Å². The number of amides is 1. The number of Topliss-reactive ketones (excluding diaryl/α,β-unsaturated/α-hetero) is 1. The van der Waals surface area contributed by atoms with Gasteiger partial charge in [0.05, 0.1) is 11.3 Å². The molecule has 0 spiro atoms. The maximum absolute atomic E-state index is 12.4. The summed E-state index contributed by atoms with van der Waals surface area (Å²) in [7, 11) is 0. The summed E-state index contributed by atoms with van der Waals surface area (Å²) in [5.41, 5.74) is 1.15. The highest BCUT2D eigenvalue weighted by Crippen LogP contribution is 2.21. The molecule has 0 radical (unpaired) electrons. The molecule has 1 aromatic heterocycles. The van der Waals surface area contributed by atoms with Crippen LogP contribution >= 0.6 is 11.6 Å². The van der Waals surface area contributed by atoms with Gasteiger partial charge in [-0.05, 0) is 32.8 Å². The molecule has 0 unspecified atom stereocenters. The highest BCUT2D eigenvalue weighted by atomic mass is 35.5. The number of pyridine rings is 1. The Bertz CT molecular complexity index is 536. The Morgan fingerprint density at radius 1 is 1.38 bits per heavy atom. The highest BCUT2D eigenvalue weighted by Gasteiger charge is 2.22. The third kappa shape index (κ3) is 4.43. The van der Waals surface area contributed by atoms with Gasteiger partial charge in [-0.1, -0.05) is 11.6 Å². The molecule has 1 saturated carbocycles. The van der Waals surface area contributed by atoms with Crippen molar-refractivity contribution in [1.82, 2.24) is 10.3 Å². The lowest BCUT2D eigenvalue weighted by molar-refractivity contribution is -0.120. The van der Waals surface area contributed by atoms with Crippen molar-refractivity contribution >= 4 is 29.0 Å². The topological polar surface area (TPSA) is 71.1 Å². The van der Waals surface area contributed by atoms with Crippen LogP contribution in [0.2, 0.25) is 5.15 Å². The van der Waals surface area contributed by atoms with Gasteiger partial charge in [0.25, 0.3) is 5.91 Å². The lowest BCUT2D eigenvalue weighted by atomic mass is 9.94. The molecule has 114 valence electrons. The van der Waals surface area contributed by atoms with Gasteiger partial charge in [-0.15, -0.1) is 0 Å². The predicted molar refractivity (Wildman–Crippen MR) is 82.7 cm³/mol. The molecule has 2 rings (SSSR count). The summed E-state index contributed by atoms with van der Waals surface area (Å²) in [5, 5.41) is 6.52. The number of hydrogen-bond acceptors (Lipinski definition) is 4. The maximum atomic E-state index is 12.4. The fourth-order valence-electron chi connectivity index (χ4n) is 2.39. The van der Waals surface area contributed by atoms with Crippen molar-refractivity contribution in [3.05, 3.63) is 23.0 Å². The van der Waals surface area contributed by atoms with Crippen LogP contribution < -0.4 is 10.6 Å². The van der Waals surface area contributed by atoms with Gasteiger partial charge < -0.3 is 10.6 Å². The Balaban J connectivity index is 2.09. The highest BCUT2D eigenvalue weighted by molar-refractivity contribution is 6.29. The minimum atomic E-state index is -0.179. The molecule has 5 nitrogen and oxygen atoms in total. The Morgan fingerprint density at radius 2 is 2.05 bits per heavy atom. The SMILES string of the molecule is CC(C)Nc1cc(Cl)ncc1C(=O)NC1CCC(=O)CC1. The summed E-state index contributed by atoms with van der Waals surface area (Å²) in [6.45, 7) is 3.98. The normalized spacial score (nSPS) is 16.1. The van der Waals surface area contributed by atoms with E-state index in [2.05, 4.69) is 15.6 Å². The molecule has 1 aliphatic carbocycles. The Kier molecular flexibility index (Phi) is 5.17. The first-order valence-corrected chi connectivity index (χ1v) is 7.58. The van der Waals surface area contributed by atoms with Crippen molar-refractivity contribution in [3.63, 3.8) is 0 Å². The predicted octanol–water partition coefficient (Wildman–Crippen LogP) is 2.80. The molecular formula is C15H20ClN3O2. The van der Waals surface area contributed by atoms with Crippen LogP contribution in [0.5, 0.6) is 0 Å². The molecule has 0 aromatic carbocycles. The van der Waals surface area contributed by atoms with Gasteiger partial charge in [-0.3, -0.25) is 9.59 Å². The van der Waals surface area contributed by atoms with Crippen molar-refractivity contribution in [3.8, 4) is 0 Å². The van der Waals surface area contributed by atoms with E-state index >= 15 is 0 Å².